The molecule has 14 heteroatoms. The number of aromatic nitrogens is 1. The minimum absolute atomic E-state index is 0. The molecule has 1 aliphatic heterocycles. The van der Waals surface area contributed by atoms with Crippen LogP contribution in [0.5, 0.6) is 5.75 Å². The molecular weight excluding hydrogens is 661 g/mol. The number of methoxy groups -OCH3 is 1. The van der Waals surface area contributed by atoms with Gasteiger partial charge in [-0.05, 0) is 0 Å². The number of fused-ring (bicyclic) bond motifs is 2. The average molecular weight is 687 g/mol. The van der Waals surface area contributed by atoms with Crippen LogP contribution in [0.25, 0.3) is 15.9 Å². The van der Waals surface area contributed by atoms with Gasteiger partial charge in [-0.15, -0.1) is 0 Å². The molecule has 0 aliphatic carbocycles. The molecule has 0 spiro atoms. The van der Waals surface area contributed by atoms with Crippen molar-refractivity contribution in [1.29, 1.82) is 0 Å². The second kappa shape index (κ2) is 12.7. The van der Waals surface area contributed by atoms with Gasteiger partial charge in [-0.3, -0.25) is 0 Å². The summed E-state index contributed by atoms with van der Waals surface area (Å²) in [6.07, 6.45) is 2.52. The van der Waals surface area contributed by atoms with Crippen molar-refractivity contribution in [3.63, 3.8) is 0 Å². The van der Waals surface area contributed by atoms with Crippen molar-refractivity contribution in [3.8, 4) is 5.75 Å². The summed E-state index contributed by atoms with van der Waals surface area (Å²) >= 11 is -0.0886. The largest absolute Gasteiger partial charge is 1.00 e. The second-order valence-corrected chi connectivity index (χ2v) is 15.9. The van der Waals surface area contributed by atoms with Gasteiger partial charge in [-0.25, -0.2) is 0 Å². The molecule has 0 radical (unpaired) electrons. The van der Waals surface area contributed by atoms with E-state index in [9.17, 15) is 25.9 Å². The number of hydrogen-bond acceptors (Lipinski definition) is 8. The number of aryl methyl sites for hydroxylation is 2. The molecule has 0 fully saturated rings. The maximum absolute atomic E-state index is 11.2. The van der Waals surface area contributed by atoms with Crippen LogP contribution in [0.4, 0.5) is 5.69 Å². The number of rotatable bonds is 10. The second-order valence-electron chi connectivity index (χ2n) is 8.36. The first kappa shape index (κ1) is 30.8. The fourth-order valence-corrected chi connectivity index (χ4v) is 9.98. The normalized spacial score (nSPS) is 14.7. The zero-order chi connectivity index (χ0) is 26.1. The van der Waals surface area contributed by atoms with E-state index in [0.717, 1.165) is 30.2 Å². The van der Waals surface area contributed by atoms with E-state index in [0.29, 0.717) is 18.8 Å². The van der Waals surface area contributed by atoms with E-state index in [2.05, 4.69) is 27.7 Å². The third-order valence-corrected chi connectivity index (χ3v) is 11.9. The molecule has 0 saturated heterocycles. The summed E-state index contributed by atoms with van der Waals surface area (Å²) in [5.41, 5.74) is 3.05. The van der Waals surface area contributed by atoms with Crippen LogP contribution in [0.3, 0.4) is 0 Å². The van der Waals surface area contributed by atoms with Crippen LogP contribution in [0.2, 0.25) is 0 Å². The van der Waals surface area contributed by atoms with Crippen molar-refractivity contribution in [2.75, 3.05) is 30.1 Å². The maximum atomic E-state index is 11.2. The van der Waals surface area contributed by atoms with Crippen LogP contribution in [0.15, 0.2) is 41.0 Å². The molecule has 0 saturated carbocycles. The number of nitrogens with zero attached hydrogens (tertiary/aromatic N) is 2. The molecule has 0 N–H and O–H groups in total. The molecule has 0 bridgehead atoms. The Morgan fingerprint density at radius 3 is 2.41 bits per heavy atom. The van der Waals surface area contributed by atoms with Crippen molar-refractivity contribution in [2.24, 2.45) is 0 Å². The minimum atomic E-state index is -4.32. The zero-order valence-corrected chi connectivity index (χ0v) is 27.7. The fourth-order valence-electron chi connectivity index (χ4n) is 4.00. The summed E-state index contributed by atoms with van der Waals surface area (Å²) in [7, 11) is -7.03. The first-order valence-electron chi connectivity index (χ1n) is 11.1. The fraction of sp³-hybridized carbons (Fsp3) is 0.348. The molecular formula is C23H25N2NaO7S2Se2. The molecule has 3 aromatic rings. The molecule has 9 nitrogen and oxygen atoms in total. The van der Waals surface area contributed by atoms with Crippen LogP contribution >= 0.6 is 0 Å². The van der Waals surface area contributed by atoms with Crippen LogP contribution in [-0.2, 0) is 26.8 Å². The van der Waals surface area contributed by atoms with E-state index in [1.165, 1.54) is 4.46 Å². The van der Waals surface area contributed by atoms with Crippen molar-refractivity contribution in [1.82, 2.24) is 0 Å². The molecule has 1 aromatic heterocycles. The molecule has 2 aromatic carbocycles. The smallest absolute Gasteiger partial charge is 1.00 e. The Morgan fingerprint density at radius 2 is 1.73 bits per heavy atom. The van der Waals surface area contributed by atoms with Gasteiger partial charge in [0.25, 0.3) is 0 Å². The van der Waals surface area contributed by atoms with E-state index in [-0.39, 0.29) is 71.9 Å². The van der Waals surface area contributed by atoms with E-state index in [4.69, 9.17) is 4.74 Å². The van der Waals surface area contributed by atoms with Crippen molar-refractivity contribution >= 4 is 75.7 Å². The predicted molar refractivity (Wildman–Crippen MR) is 138 cm³/mol. The van der Waals surface area contributed by atoms with Gasteiger partial charge in [-0.2, -0.15) is 0 Å². The van der Waals surface area contributed by atoms with Gasteiger partial charge in [0.05, 0.1) is 0 Å². The van der Waals surface area contributed by atoms with Gasteiger partial charge in [0, 0.05) is 0 Å². The van der Waals surface area contributed by atoms with Crippen LogP contribution in [0, 0.1) is 6.92 Å². The van der Waals surface area contributed by atoms with Gasteiger partial charge in [0.1, 0.15) is 0 Å². The number of ether oxygens (including phenoxy) is 1. The Bertz CT molecular complexity index is 1540. The number of hydrogen-bond donors (Lipinski definition) is 0. The van der Waals surface area contributed by atoms with Crippen LogP contribution in [0.1, 0.15) is 23.0 Å². The Hall–Kier alpha value is -0.691. The SMILES string of the molecule is COc1ccc2[se]c(/C=C3/[Se]c4ccc(C)cc4N3CCCS(=O)(=O)[O-])[n+](CCCS(=O)(=O)[O-])c2c1.[Na+]. The summed E-state index contributed by atoms with van der Waals surface area (Å²) in [6, 6.07) is 12.0. The molecule has 4 rings (SSSR count). The topological polar surface area (TPSA) is 131 Å². The molecule has 0 atom stereocenters. The van der Waals surface area contributed by atoms with Crippen LogP contribution < -0.4 is 48.2 Å². The molecule has 2 heterocycles. The quantitative estimate of drug-likeness (QED) is 0.130. The first-order valence-corrected chi connectivity index (χ1v) is 17.7. The van der Waals surface area contributed by atoms with Gasteiger partial charge in [0.2, 0.25) is 0 Å². The average Bonchev–Trinajstić information content (AvgIpc) is 3.29. The third-order valence-electron chi connectivity index (χ3n) is 5.62. The third kappa shape index (κ3) is 8.16. The van der Waals surface area contributed by atoms with E-state index >= 15 is 0 Å². The Balaban J connectivity index is 0.00000380. The van der Waals surface area contributed by atoms with Gasteiger partial charge < -0.3 is 0 Å². The molecule has 0 unspecified atom stereocenters. The zero-order valence-electron chi connectivity index (χ0n) is 20.7. The Kier molecular flexibility index (Phi) is 10.5. The summed E-state index contributed by atoms with van der Waals surface area (Å²) in [4.78, 5) is 2.10. The summed E-state index contributed by atoms with van der Waals surface area (Å²) in [5, 5.41) is 0. The molecule has 0 amide bonds. The van der Waals surface area contributed by atoms with Crippen molar-refractivity contribution < 1.29 is 64.8 Å². The summed E-state index contributed by atoms with van der Waals surface area (Å²) in [6.45, 7) is 2.77. The number of benzene rings is 2. The molecule has 1 aliphatic rings. The van der Waals surface area contributed by atoms with Gasteiger partial charge >= 0.3 is 254 Å². The molecule has 37 heavy (non-hydrogen) atoms. The van der Waals surface area contributed by atoms with Crippen molar-refractivity contribution in [3.05, 3.63) is 51.1 Å². The summed E-state index contributed by atoms with van der Waals surface area (Å²) in [5.74, 6) is -0.176. The predicted octanol–water partition coefficient (Wildman–Crippen LogP) is -2.48. The van der Waals surface area contributed by atoms with E-state index in [1.807, 2.05) is 31.2 Å². The van der Waals surface area contributed by atoms with E-state index in [1.54, 1.807) is 7.11 Å². The minimum Gasteiger partial charge on any atom is 1.00 e. The van der Waals surface area contributed by atoms with Gasteiger partial charge in [0.15, 0.2) is 0 Å². The number of anilines is 1. The Labute approximate surface area is 251 Å². The van der Waals surface area contributed by atoms with Gasteiger partial charge in [-0.1, -0.05) is 0 Å². The van der Waals surface area contributed by atoms with E-state index < -0.39 is 31.7 Å². The standard InChI is InChI=1S/C23H26N2O7S2Se2.Na/c1-16-5-7-20-18(13-16)24(9-3-11-33(26,27)28)22(35-20)15-23-25(10-4-12-34(29,30)31)19-14-17(32-2)6-8-21(19)36-23;/h5-8,13-15H,3-4,9-12H2,1-2H3,(H-,26,27,28,29,30,31);/q;+1/p-1. The summed E-state index contributed by atoms with van der Waals surface area (Å²) < 4.78 is 79.0. The monoisotopic (exact) mass is 688 g/mol. The van der Waals surface area contributed by atoms with Crippen molar-refractivity contribution in [2.45, 2.75) is 26.3 Å². The molecule has 194 valence electrons. The maximum Gasteiger partial charge on any atom is 1.00 e. The van der Waals surface area contributed by atoms with Crippen LogP contribution in [-0.4, -0.2) is 80.6 Å². The Morgan fingerprint density at radius 1 is 1.03 bits per heavy atom. The first-order chi connectivity index (χ1) is 16.9.